The van der Waals surface area contributed by atoms with Crippen molar-refractivity contribution < 1.29 is 9.47 Å². The molecule has 0 bridgehead atoms. The van der Waals surface area contributed by atoms with E-state index in [9.17, 15) is 0 Å². The standard InChI is InChI=1S/C14H19BrN2O2/c1-8-5-11(6-9(2)18-8)19-13-4-3-10(14(16)17)7-12(13)15/h3-4,7-9,11H,5-6H2,1-2H3,(H3,16,17). The fourth-order valence-corrected chi connectivity index (χ4v) is 2.86. The van der Waals surface area contributed by atoms with Gasteiger partial charge in [0, 0.05) is 18.4 Å². The number of hydrogen-bond donors (Lipinski definition) is 2. The Kier molecular flexibility index (Phi) is 4.47. The van der Waals surface area contributed by atoms with E-state index >= 15 is 0 Å². The summed E-state index contributed by atoms with van der Waals surface area (Å²) < 4.78 is 12.5. The predicted octanol–water partition coefficient (Wildman–Crippen LogP) is 3.07. The van der Waals surface area contributed by atoms with Crippen molar-refractivity contribution in [2.45, 2.75) is 45.0 Å². The highest BCUT2D eigenvalue weighted by atomic mass is 79.9. The third-order valence-electron chi connectivity index (χ3n) is 3.19. The average molecular weight is 327 g/mol. The highest BCUT2D eigenvalue weighted by molar-refractivity contribution is 9.10. The van der Waals surface area contributed by atoms with Crippen molar-refractivity contribution in [2.75, 3.05) is 0 Å². The lowest BCUT2D eigenvalue weighted by atomic mass is 10.0. The van der Waals surface area contributed by atoms with E-state index in [4.69, 9.17) is 20.6 Å². The lowest BCUT2D eigenvalue weighted by Gasteiger charge is -2.32. The number of halogens is 1. The molecule has 1 aliphatic heterocycles. The van der Waals surface area contributed by atoms with Crippen LogP contribution in [0.4, 0.5) is 0 Å². The molecule has 4 nitrogen and oxygen atoms in total. The normalized spacial score (nSPS) is 27.0. The number of benzene rings is 1. The Hall–Kier alpha value is -1.07. The molecular weight excluding hydrogens is 308 g/mol. The van der Waals surface area contributed by atoms with Gasteiger partial charge in [-0.3, -0.25) is 5.41 Å². The number of nitrogens with one attached hydrogen (secondary N) is 1. The van der Waals surface area contributed by atoms with Crippen molar-refractivity contribution in [1.29, 1.82) is 5.41 Å². The fraction of sp³-hybridized carbons (Fsp3) is 0.500. The monoisotopic (exact) mass is 326 g/mol. The third-order valence-corrected chi connectivity index (χ3v) is 3.81. The first kappa shape index (κ1) is 14.3. The highest BCUT2D eigenvalue weighted by Gasteiger charge is 2.26. The number of amidine groups is 1. The smallest absolute Gasteiger partial charge is 0.133 e. The van der Waals surface area contributed by atoms with Crippen LogP contribution in [0.2, 0.25) is 0 Å². The van der Waals surface area contributed by atoms with Gasteiger partial charge < -0.3 is 15.2 Å². The SMILES string of the molecule is CC1CC(Oc2ccc(C(=N)N)cc2Br)CC(C)O1. The fourth-order valence-electron chi connectivity index (χ4n) is 2.38. The van der Waals surface area contributed by atoms with E-state index in [1.165, 1.54) is 0 Å². The quantitative estimate of drug-likeness (QED) is 0.662. The summed E-state index contributed by atoms with van der Waals surface area (Å²) in [5.41, 5.74) is 6.15. The van der Waals surface area contributed by atoms with Crippen molar-refractivity contribution >= 4 is 21.8 Å². The molecule has 1 fully saturated rings. The van der Waals surface area contributed by atoms with E-state index in [1.807, 2.05) is 12.1 Å². The van der Waals surface area contributed by atoms with Crippen LogP contribution in [0.1, 0.15) is 32.3 Å². The molecule has 3 N–H and O–H groups in total. The number of rotatable bonds is 3. The minimum absolute atomic E-state index is 0.0561. The molecule has 0 amide bonds. The predicted molar refractivity (Wildman–Crippen MR) is 78.8 cm³/mol. The molecule has 2 atom stereocenters. The van der Waals surface area contributed by atoms with Gasteiger partial charge in [0.05, 0.1) is 16.7 Å². The molecule has 1 heterocycles. The van der Waals surface area contributed by atoms with Crippen LogP contribution in [-0.2, 0) is 4.74 Å². The Morgan fingerprint density at radius 3 is 2.53 bits per heavy atom. The van der Waals surface area contributed by atoms with Crippen LogP contribution in [0.5, 0.6) is 5.75 Å². The lowest BCUT2D eigenvalue weighted by molar-refractivity contribution is -0.0722. The van der Waals surface area contributed by atoms with Gasteiger partial charge in [-0.1, -0.05) is 0 Å². The van der Waals surface area contributed by atoms with E-state index in [0.29, 0.717) is 5.56 Å². The molecule has 5 heteroatoms. The van der Waals surface area contributed by atoms with Crippen molar-refractivity contribution in [3.05, 3.63) is 28.2 Å². The zero-order chi connectivity index (χ0) is 14.0. The summed E-state index contributed by atoms with van der Waals surface area (Å²) >= 11 is 3.46. The largest absolute Gasteiger partial charge is 0.489 e. The number of hydrogen-bond acceptors (Lipinski definition) is 3. The first-order chi connectivity index (χ1) is 8.95. The maximum atomic E-state index is 7.41. The summed E-state index contributed by atoms with van der Waals surface area (Å²) in [6, 6.07) is 5.46. The van der Waals surface area contributed by atoms with Gasteiger partial charge in [0.15, 0.2) is 0 Å². The minimum atomic E-state index is 0.0561. The Balaban J connectivity index is 2.08. The van der Waals surface area contributed by atoms with Crippen LogP contribution in [0.25, 0.3) is 0 Å². The second-order valence-electron chi connectivity index (χ2n) is 5.03. The molecule has 1 saturated heterocycles. The number of nitrogens with two attached hydrogens (primary N) is 1. The molecule has 1 aliphatic rings. The van der Waals surface area contributed by atoms with Gasteiger partial charge in [-0.25, -0.2) is 0 Å². The molecule has 1 aromatic rings. The highest BCUT2D eigenvalue weighted by Crippen LogP contribution is 2.30. The summed E-state index contributed by atoms with van der Waals surface area (Å²) in [5, 5.41) is 7.41. The van der Waals surface area contributed by atoms with E-state index in [0.717, 1.165) is 23.1 Å². The Morgan fingerprint density at radius 1 is 1.37 bits per heavy atom. The molecule has 0 saturated carbocycles. The van der Waals surface area contributed by atoms with E-state index in [2.05, 4.69) is 29.8 Å². The first-order valence-corrected chi connectivity index (χ1v) is 7.21. The number of ether oxygens (including phenoxy) is 2. The zero-order valence-corrected chi connectivity index (χ0v) is 12.7. The summed E-state index contributed by atoms with van der Waals surface area (Å²) in [5.74, 6) is 0.844. The van der Waals surface area contributed by atoms with Gasteiger partial charge in [0.25, 0.3) is 0 Å². The van der Waals surface area contributed by atoms with Gasteiger partial charge in [-0.15, -0.1) is 0 Å². The van der Waals surface area contributed by atoms with Gasteiger partial charge in [0.1, 0.15) is 17.7 Å². The molecule has 2 rings (SSSR count). The lowest BCUT2D eigenvalue weighted by Crippen LogP contribution is -2.35. The molecular formula is C14H19BrN2O2. The molecule has 0 aromatic heterocycles. The van der Waals surface area contributed by atoms with Gasteiger partial charge in [-0.05, 0) is 48.0 Å². The first-order valence-electron chi connectivity index (χ1n) is 6.41. The van der Waals surface area contributed by atoms with Gasteiger partial charge >= 0.3 is 0 Å². The van der Waals surface area contributed by atoms with E-state index in [1.54, 1.807) is 6.07 Å². The topological polar surface area (TPSA) is 68.3 Å². The molecule has 19 heavy (non-hydrogen) atoms. The average Bonchev–Trinajstić information content (AvgIpc) is 2.30. The van der Waals surface area contributed by atoms with Crippen LogP contribution in [0.3, 0.4) is 0 Å². The number of nitrogen functional groups attached to an aromatic ring is 1. The van der Waals surface area contributed by atoms with Crippen molar-refractivity contribution in [3.63, 3.8) is 0 Å². The summed E-state index contributed by atoms with van der Waals surface area (Å²) in [6.07, 6.45) is 2.41. The molecule has 2 unspecified atom stereocenters. The molecule has 0 radical (unpaired) electrons. The van der Waals surface area contributed by atoms with Crippen molar-refractivity contribution in [3.8, 4) is 5.75 Å². The maximum Gasteiger partial charge on any atom is 0.133 e. The Labute approximate surface area is 121 Å². The van der Waals surface area contributed by atoms with E-state index in [-0.39, 0.29) is 24.1 Å². The van der Waals surface area contributed by atoms with Crippen LogP contribution < -0.4 is 10.5 Å². The zero-order valence-electron chi connectivity index (χ0n) is 11.2. The molecule has 104 valence electrons. The summed E-state index contributed by atoms with van der Waals surface area (Å²) in [7, 11) is 0. The van der Waals surface area contributed by atoms with Crippen LogP contribution in [0.15, 0.2) is 22.7 Å². The summed E-state index contributed by atoms with van der Waals surface area (Å²) in [6.45, 7) is 4.14. The van der Waals surface area contributed by atoms with Crippen LogP contribution in [-0.4, -0.2) is 24.1 Å². The van der Waals surface area contributed by atoms with Gasteiger partial charge in [-0.2, -0.15) is 0 Å². The molecule has 1 aromatic carbocycles. The third kappa shape index (κ3) is 3.70. The summed E-state index contributed by atoms with van der Waals surface area (Å²) in [4.78, 5) is 0. The minimum Gasteiger partial charge on any atom is -0.489 e. The maximum absolute atomic E-state index is 7.41. The van der Waals surface area contributed by atoms with E-state index < -0.39 is 0 Å². The second-order valence-corrected chi connectivity index (χ2v) is 5.88. The molecule has 0 aliphatic carbocycles. The van der Waals surface area contributed by atoms with Gasteiger partial charge in [0.2, 0.25) is 0 Å². The molecule has 0 spiro atoms. The van der Waals surface area contributed by atoms with Crippen molar-refractivity contribution in [2.24, 2.45) is 5.73 Å². The Morgan fingerprint density at radius 2 is 2.00 bits per heavy atom. The Bertz CT molecular complexity index is 469. The van der Waals surface area contributed by atoms with Crippen LogP contribution in [0, 0.1) is 5.41 Å². The van der Waals surface area contributed by atoms with Crippen LogP contribution >= 0.6 is 15.9 Å². The van der Waals surface area contributed by atoms with Crippen molar-refractivity contribution in [1.82, 2.24) is 0 Å². The second kappa shape index (κ2) is 5.92.